The van der Waals surface area contributed by atoms with Gasteiger partial charge in [-0.1, -0.05) is 11.6 Å². The zero-order valence-corrected chi connectivity index (χ0v) is 21.9. The minimum absolute atomic E-state index is 0.0910. The summed E-state index contributed by atoms with van der Waals surface area (Å²) >= 11 is 6.61. The van der Waals surface area contributed by atoms with Crippen LogP contribution in [0.1, 0.15) is 44.0 Å². The van der Waals surface area contributed by atoms with E-state index in [2.05, 4.69) is 25.6 Å². The lowest BCUT2D eigenvalue weighted by Gasteiger charge is -2.35. The lowest BCUT2D eigenvalue weighted by Crippen LogP contribution is -2.34. The second kappa shape index (κ2) is 9.88. The molecule has 3 aromatic heterocycles. The third-order valence-electron chi connectivity index (χ3n) is 7.42. The van der Waals surface area contributed by atoms with E-state index in [4.69, 9.17) is 26.6 Å². The summed E-state index contributed by atoms with van der Waals surface area (Å²) in [5.41, 5.74) is 1.99. The number of aromatic nitrogens is 5. The number of nitriles is 1. The fourth-order valence-corrected chi connectivity index (χ4v) is 5.78. The second-order valence-corrected chi connectivity index (χ2v) is 10.3. The summed E-state index contributed by atoms with van der Waals surface area (Å²) in [4.78, 5) is 17.3. The van der Waals surface area contributed by atoms with Crippen LogP contribution in [0.25, 0.3) is 33.1 Å². The molecule has 2 aromatic carbocycles. The van der Waals surface area contributed by atoms with Crippen LogP contribution in [0.5, 0.6) is 11.8 Å². The molecule has 0 bridgehead atoms. The summed E-state index contributed by atoms with van der Waals surface area (Å²) in [6, 6.07) is 12.3. The van der Waals surface area contributed by atoms with Crippen molar-refractivity contribution < 1.29 is 14.2 Å². The van der Waals surface area contributed by atoms with Gasteiger partial charge < -0.3 is 14.4 Å². The number of ether oxygens (including phenoxy) is 1. The van der Waals surface area contributed by atoms with Gasteiger partial charge in [-0.15, -0.1) is 0 Å². The van der Waals surface area contributed by atoms with Crippen LogP contribution in [-0.2, 0) is 0 Å². The van der Waals surface area contributed by atoms with Gasteiger partial charge in [-0.25, -0.2) is 19.3 Å². The molecule has 0 saturated heterocycles. The number of nitrogens with zero attached hydrogens (tertiary/aromatic N) is 6. The molecule has 6 rings (SSSR count). The molecule has 10 heteroatoms. The standard InChI is InChI=1S/C29H24ClFN6O2/c1-17-36-26-16-35-25-15-24(31)21(20-4-3-19(13-23(20)30)39-28-33-11-2-12-34-28)14-22(25)27(26)37(17)18-5-7-29(38,8-6-18)9-10-32/h2-4,11-16,18,38H,5-9H2,1H3. The van der Waals surface area contributed by atoms with Crippen molar-refractivity contribution in [2.45, 2.75) is 50.7 Å². The minimum Gasteiger partial charge on any atom is -0.424 e. The summed E-state index contributed by atoms with van der Waals surface area (Å²) in [6.07, 6.45) is 7.42. The number of pyridine rings is 1. The molecule has 1 N–H and O–H groups in total. The van der Waals surface area contributed by atoms with Gasteiger partial charge in [0.1, 0.15) is 22.9 Å². The van der Waals surface area contributed by atoms with Crippen LogP contribution in [0.4, 0.5) is 4.39 Å². The summed E-state index contributed by atoms with van der Waals surface area (Å²) in [5.74, 6) is 0.810. The van der Waals surface area contributed by atoms with E-state index in [1.165, 1.54) is 6.07 Å². The van der Waals surface area contributed by atoms with Crippen molar-refractivity contribution in [3.63, 3.8) is 0 Å². The number of halogens is 2. The molecule has 1 saturated carbocycles. The van der Waals surface area contributed by atoms with Crippen molar-refractivity contribution in [2.75, 3.05) is 0 Å². The zero-order chi connectivity index (χ0) is 27.1. The first-order valence-electron chi connectivity index (χ1n) is 12.7. The van der Waals surface area contributed by atoms with Crippen molar-refractivity contribution in [1.29, 1.82) is 5.26 Å². The van der Waals surface area contributed by atoms with Crippen molar-refractivity contribution in [2.24, 2.45) is 0 Å². The van der Waals surface area contributed by atoms with Gasteiger partial charge in [-0.3, -0.25) is 4.98 Å². The van der Waals surface area contributed by atoms with Gasteiger partial charge in [-0.2, -0.15) is 5.26 Å². The first-order chi connectivity index (χ1) is 18.8. The van der Waals surface area contributed by atoms with Crippen molar-refractivity contribution in [3.8, 4) is 29.0 Å². The molecule has 0 amide bonds. The van der Waals surface area contributed by atoms with Gasteiger partial charge in [0.05, 0.1) is 40.3 Å². The highest BCUT2D eigenvalue weighted by atomic mass is 35.5. The quantitative estimate of drug-likeness (QED) is 0.263. The molecule has 0 radical (unpaired) electrons. The molecular formula is C29H24ClFN6O2. The molecular weight excluding hydrogens is 519 g/mol. The van der Waals surface area contributed by atoms with Crippen LogP contribution in [0.2, 0.25) is 5.02 Å². The van der Waals surface area contributed by atoms with E-state index < -0.39 is 11.4 Å². The third-order valence-corrected chi connectivity index (χ3v) is 7.73. The highest BCUT2D eigenvalue weighted by Gasteiger charge is 2.35. The average molecular weight is 543 g/mol. The molecule has 0 aliphatic heterocycles. The highest BCUT2D eigenvalue weighted by molar-refractivity contribution is 6.33. The molecule has 39 heavy (non-hydrogen) atoms. The molecule has 1 fully saturated rings. The lowest BCUT2D eigenvalue weighted by atomic mass is 9.80. The van der Waals surface area contributed by atoms with Crippen LogP contribution in [-0.4, -0.2) is 35.2 Å². The Labute approximate surface area is 228 Å². The topological polar surface area (TPSA) is 110 Å². The Morgan fingerprint density at radius 1 is 1.13 bits per heavy atom. The Kier molecular flexibility index (Phi) is 6.37. The normalized spacial score (nSPS) is 19.3. The third kappa shape index (κ3) is 4.67. The van der Waals surface area contributed by atoms with Crippen LogP contribution < -0.4 is 4.74 Å². The number of aryl methyl sites for hydroxylation is 1. The number of benzene rings is 2. The van der Waals surface area contributed by atoms with Gasteiger partial charge >= 0.3 is 6.01 Å². The molecule has 0 spiro atoms. The molecule has 3 heterocycles. The Morgan fingerprint density at radius 2 is 1.90 bits per heavy atom. The van der Waals surface area contributed by atoms with Gasteiger partial charge in [0.2, 0.25) is 0 Å². The number of fused-ring (bicyclic) bond motifs is 3. The van der Waals surface area contributed by atoms with Crippen LogP contribution in [0.3, 0.4) is 0 Å². The van der Waals surface area contributed by atoms with E-state index in [1.54, 1.807) is 48.9 Å². The van der Waals surface area contributed by atoms with Crippen LogP contribution in [0, 0.1) is 24.1 Å². The Balaban J connectivity index is 1.42. The predicted molar refractivity (Wildman–Crippen MR) is 145 cm³/mol. The molecule has 0 atom stereocenters. The number of rotatable bonds is 5. The van der Waals surface area contributed by atoms with Gasteiger partial charge in [0.25, 0.3) is 0 Å². The minimum atomic E-state index is -0.950. The Hall–Kier alpha value is -4.13. The largest absolute Gasteiger partial charge is 0.424 e. The smallest absolute Gasteiger partial charge is 0.321 e. The molecule has 5 aromatic rings. The SMILES string of the molecule is Cc1nc2cnc3cc(F)c(-c4ccc(Oc5ncccn5)cc4Cl)cc3c2n1C1CCC(O)(CC#N)CC1. The monoisotopic (exact) mass is 542 g/mol. The first kappa shape index (κ1) is 25.2. The molecule has 1 aliphatic rings. The second-order valence-electron chi connectivity index (χ2n) is 9.94. The summed E-state index contributed by atoms with van der Waals surface area (Å²) < 4.78 is 23.3. The van der Waals surface area contributed by atoms with Crippen molar-refractivity contribution in [3.05, 3.63) is 71.7 Å². The van der Waals surface area contributed by atoms with Gasteiger partial charge in [0, 0.05) is 47.1 Å². The number of hydrogen-bond acceptors (Lipinski definition) is 7. The van der Waals surface area contributed by atoms with Crippen molar-refractivity contribution >= 4 is 33.5 Å². The maximum Gasteiger partial charge on any atom is 0.321 e. The summed E-state index contributed by atoms with van der Waals surface area (Å²) in [7, 11) is 0. The fraction of sp³-hybridized carbons (Fsp3) is 0.276. The predicted octanol–water partition coefficient (Wildman–Crippen LogP) is 6.69. The van der Waals surface area contributed by atoms with Crippen LogP contribution in [0.15, 0.2) is 55.0 Å². The number of aliphatic hydroxyl groups is 1. The molecule has 0 unspecified atom stereocenters. The number of imidazole rings is 1. The maximum absolute atomic E-state index is 15.4. The molecule has 8 nitrogen and oxygen atoms in total. The Bertz CT molecular complexity index is 1740. The summed E-state index contributed by atoms with van der Waals surface area (Å²) in [6.45, 7) is 1.94. The van der Waals surface area contributed by atoms with E-state index in [1.807, 2.05) is 6.92 Å². The van der Waals surface area contributed by atoms with E-state index >= 15 is 4.39 Å². The average Bonchev–Trinajstić information content (AvgIpc) is 3.26. The highest BCUT2D eigenvalue weighted by Crippen LogP contribution is 2.41. The molecule has 196 valence electrons. The first-order valence-corrected chi connectivity index (χ1v) is 13.0. The van der Waals surface area contributed by atoms with Gasteiger partial charge in [-0.05, 0) is 56.9 Å². The fourth-order valence-electron chi connectivity index (χ4n) is 5.51. The van der Waals surface area contributed by atoms with E-state index in [9.17, 15) is 5.11 Å². The lowest BCUT2D eigenvalue weighted by molar-refractivity contribution is -0.00299. The number of hydrogen-bond donors (Lipinski definition) is 1. The maximum atomic E-state index is 15.4. The molecule has 1 aliphatic carbocycles. The zero-order valence-electron chi connectivity index (χ0n) is 21.1. The van der Waals surface area contributed by atoms with Crippen molar-refractivity contribution in [1.82, 2.24) is 24.5 Å². The Morgan fingerprint density at radius 3 is 2.62 bits per heavy atom. The van der Waals surface area contributed by atoms with E-state index in [0.29, 0.717) is 58.6 Å². The van der Waals surface area contributed by atoms with Crippen LogP contribution >= 0.6 is 11.6 Å². The van der Waals surface area contributed by atoms with E-state index in [0.717, 1.165) is 16.7 Å². The van der Waals surface area contributed by atoms with Gasteiger partial charge in [0.15, 0.2) is 0 Å². The van der Waals surface area contributed by atoms with E-state index in [-0.39, 0.29) is 18.5 Å². The summed E-state index contributed by atoms with van der Waals surface area (Å²) in [5, 5.41) is 20.9.